The molecule has 0 bridgehead atoms. The summed E-state index contributed by atoms with van der Waals surface area (Å²) in [5.74, 6) is 0.534. The lowest BCUT2D eigenvalue weighted by Crippen LogP contribution is -2.51. The van der Waals surface area contributed by atoms with Gasteiger partial charge in [-0.1, -0.05) is 36.4 Å². The fraction of sp³-hybridized carbons (Fsp3) is 0.333. The zero-order chi connectivity index (χ0) is 16.9. The third-order valence-corrected chi connectivity index (χ3v) is 4.43. The van der Waals surface area contributed by atoms with Gasteiger partial charge < -0.3 is 14.5 Å². The molecule has 0 N–H and O–H groups in total. The van der Waals surface area contributed by atoms with E-state index in [4.69, 9.17) is 16.3 Å². The largest absolute Gasteiger partial charge is 0.483 e. The third kappa shape index (κ3) is 3.62. The van der Waals surface area contributed by atoms with Crippen molar-refractivity contribution in [1.82, 2.24) is 9.80 Å². The van der Waals surface area contributed by atoms with Crippen LogP contribution in [0.15, 0.2) is 42.5 Å². The molecule has 0 spiro atoms. The van der Waals surface area contributed by atoms with Gasteiger partial charge >= 0.3 is 0 Å². The summed E-state index contributed by atoms with van der Waals surface area (Å²) in [6, 6.07) is 13.7. The summed E-state index contributed by atoms with van der Waals surface area (Å²) in [6.45, 7) is 2.06. The molecule has 0 aliphatic carbocycles. The lowest BCUT2D eigenvalue weighted by atomic mass is 10.1. The SMILES string of the molecule is O=C(CCl)N1CCN(C(=O)COc2cccc3ccccc23)CC1. The van der Waals surface area contributed by atoms with E-state index >= 15 is 0 Å². The van der Waals surface area contributed by atoms with Gasteiger partial charge in [0.25, 0.3) is 5.91 Å². The molecular weight excluding hydrogens is 328 g/mol. The van der Waals surface area contributed by atoms with Gasteiger partial charge in [0.15, 0.2) is 6.61 Å². The average Bonchev–Trinajstić information content (AvgIpc) is 2.65. The first-order valence-corrected chi connectivity index (χ1v) is 8.44. The van der Waals surface area contributed by atoms with Crippen molar-refractivity contribution in [1.29, 1.82) is 0 Å². The monoisotopic (exact) mass is 346 g/mol. The number of benzene rings is 2. The Hall–Kier alpha value is -2.27. The zero-order valence-electron chi connectivity index (χ0n) is 13.3. The van der Waals surface area contributed by atoms with Crippen LogP contribution in [0.1, 0.15) is 0 Å². The van der Waals surface area contributed by atoms with Crippen molar-refractivity contribution in [2.75, 3.05) is 38.7 Å². The summed E-state index contributed by atoms with van der Waals surface area (Å²) in [4.78, 5) is 27.3. The lowest BCUT2D eigenvalue weighted by molar-refractivity contribution is -0.139. The van der Waals surface area contributed by atoms with Crippen LogP contribution in [-0.4, -0.2) is 60.3 Å². The number of ether oxygens (including phenoxy) is 1. The highest BCUT2D eigenvalue weighted by Crippen LogP contribution is 2.25. The van der Waals surface area contributed by atoms with E-state index in [9.17, 15) is 9.59 Å². The van der Waals surface area contributed by atoms with Gasteiger partial charge in [-0.05, 0) is 11.5 Å². The van der Waals surface area contributed by atoms with E-state index in [0.717, 1.165) is 10.8 Å². The first-order valence-electron chi connectivity index (χ1n) is 7.91. The Bertz CT molecular complexity index is 737. The van der Waals surface area contributed by atoms with Crippen LogP contribution in [0.4, 0.5) is 0 Å². The van der Waals surface area contributed by atoms with Crippen LogP contribution >= 0.6 is 11.6 Å². The second-order valence-electron chi connectivity index (χ2n) is 5.66. The molecule has 0 aromatic heterocycles. The van der Waals surface area contributed by atoms with Gasteiger partial charge in [0, 0.05) is 31.6 Å². The highest BCUT2D eigenvalue weighted by molar-refractivity contribution is 6.27. The molecule has 1 heterocycles. The number of amides is 2. The molecule has 3 rings (SSSR count). The summed E-state index contributed by atoms with van der Waals surface area (Å²) in [5.41, 5.74) is 0. The van der Waals surface area contributed by atoms with Crippen LogP contribution in [0.5, 0.6) is 5.75 Å². The van der Waals surface area contributed by atoms with E-state index < -0.39 is 0 Å². The van der Waals surface area contributed by atoms with Crippen molar-refractivity contribution < 1.29 is 14.3 Å². The van der Waals surface area contributed by atoms with Crippen LogP contribution in [0.2, 0.25) is 0 Å². The topological polar surface area (TPSA) is 49.9 Å². The molecule has 1 fully saturated rings. The fourth-order valence-electron chi connectivity index (χ4n) is 2.84. The fourth-order valence-corrected chi connectivity index (χ4v) is 3.01. The molecule has 0 radical (unpaired) electrons. The van der Waals surface area contributed by atoms with E-state index in [1.54, 1.807) is 9.80 Å². The number of rotatable bonds is 4. The van der Waals surface area contributed by atoms with Crippen molar-refractivity contribution in [3.63, 3.8) is 0 Å². The van der Waals surface area contributed by atoms with E-state index in [-0.39, 0.29) is 24.3 Å². The molecule has 5 nitrogen and oxygen atoms in total. The molecule has 2 amide bonds. The number of fused-ring (bicyclic) bond motifs is 1. The van der Waals surface area contributed by atoms with Crippen molar-refractivity contribution in [2.45, 2.75) is 0 Å². The molecule has 6 heteroatoms. The predicted molar refractivity (Wildman–Crippen MR) is 93.3 cm³/mol. The highest BCUT2D eigenvalue weighted by atomic mass is 35.5. The Morgan fingerprint density at radius 1 is 0.917 bits per heavy atom. The maximum Gasteiger partial charge on any atom is 0.260 e. The van der Waals surface area contributed by atoms with Crippen LogP contribution in [0, 0.1) is 0 Å². The molecule has 2 aromatic carbocycles. The summed E-state index contributed by atoms with van der Waals surface area (Å²) < 4.78 is 5.74. The minimum Gasteiger partial charge on any atom is -0.483 e. The molecule has 1 aliphatic rings. The van der Waals surface area contributed by atoms with Crippen molar-refractivity contribution in [3.8, 4) is 5.75 Å². The molecular formula is C18H19ClN2O3. The van der Waals surface area contributed by atoms with Crippen molar-refractivity contribution in [2.24, 2.45) is 0 Å². The quantitative estimate of drug-likeness (QED) is 0.797. The Kier molecular flexibility index (Phi) is 5.20. The van der Waals surface area contributed by atoms with Crippen molar-refractivity contribution >= 4 is 34.2 Å². The number of hydrogen-bond donors (Lipinski definition) is 0. The van der Waals surface area contributed by atoms with Gasteiger partial charge in [0.05, 0.1) is 0 Å². The Morgan fingerprint density at radius 3 is 2.25 bits per heavy atom. The number of alkyl halides is 1. The number of carbonyl (C=O) groups is 2. The maximum absolute atomic E-state index is 12.3. The molecule has 0 saturated carbocycles. The van der Waals surface area contributed by atoms with E-state index in [1.807, 2.05) is 42.5 Å². The standard InChI is InChI=1S/C18H19ClN2O3/c19-12-17(22)20-8-10-21(11-9-20)18(23)13-24-16-7-3-5-14-4-1-2-6-15(14)16/h1-7H,8-13H2. The van der Waals surface area contributed by atoms with Crippen LogP contribution in [0.25, 0.3) is 10.8 Å². The summed E-state index contributed by atoms with van der Waals surface area (Å²) in [6.07, 6.45) is 0. The molecule has 2 aromatic rings. The third-order valence-electron chi connectivity index (χ3n) is 4.20. The van der Waals surface area contributed by atoms with Crippen LogP contribution in [0.3, 0.4) is 0 Å². The average molecular weight is 347 g/mol. The molecule has 1 aliphatic heterocycles. The second-order valence-corrected chi connectivity index (χ2v) is 5.93. The van der Waals surface area contributed by atoms with E-state index in [2.05, 4.69) is 0 Å². The molecule has 126 valence electrons. The molecule has 1 saturated heterocycles. The number of nitrogens with zero attached hydrogens (tertiary/aromatic N) is 2. The van der Waals surface area contributed by atoms with Gasteiger partial charge in [0.2, 0.25) is 5.91 Å². The van der Waals surface area contributed by atoms with Gasteiger partial charge in [0.1, 0.15) is 11.6 Å². The van der Waals surface area contributed by atoms with Crippen molar-refractivity contribution in [3.05, 3.63) is 42.5 Å². The Balaban J connectivity index is 1.57. The molecule has 0 atom stereocenters. The summed E-state index contributed by atoms with van der Waals surface area (Å²) >= 11 is 5.56. The van der Waals surface area contributed by atoms with Gasteiger partial charge in [-0.3, -0.25) is 9.59 Å². The second kappa shape index (κ2) is 7.53. The van der Waals surface area contributed by atoms with Gasteiger partial charge in [-0.2, -0.15) is 0 Å². The number of hydrogen-bond acceptors (Lipinski definition) is 3. The normalized spacial score (nSPS) is 14.7. The molecule has 24 heavy (non-hydrogen) atoms. The highest BCUT2D eigenvalue weighted by Gasteiger charge is 2.23. The van der Waals surface area contributed by atoms with Crippen LogP contribution < -0.4 is 4.74 Å². The zero-order valence-corrected chi connectivity index (χ0v) is 14.0. The number of piperazine rings is 1. The minimum absolute atomic E-state index is 0.00252. The number of carbonyl (C=O) groups excluding carboxylic acids is 2. The summed E-state index contributed by atoms with van der Waals surface area (Å²) in [5, 5.41) is 2.07. The minimum atomic E-state index is -0.0872. The first kappa shape index (κ1) is 16.6. The van der Waals surface area contributed by atoms with E-state index in [0.29, 0.717) is 31.9 Å². The van der Waals surface area contributed by atoms with Gasteiger partial charge in [-0.25, -0.2) is 0 Å². The maximum atomic E-state index is 12.3. The predicted octanol–water partition coefficient (Wildman–Crippen LogP) is 2.13. The number of halogens is 1. The Labute approximate surface area is 145 Å². The Morgan fingerprint density at radius 2 is 1.54 bits per heavy atom. The summed E-state index contributed by atoms with van der Waals surface area (Å²) in [7, 11) is 0. The van der Waals surface area contributed by atoms with Gasteiger partial charge in [-0.15, -0.1) is 11.6 Å². The van der Waals surface area contributed by atoms with E-state index in [1.165, 1.54) is 0 Å². The lowest BCUT2D eigenvalue weighted by Gasteiger charge is -2.34. The smallest absolute Gasteiger partial charge is 0.260 e. The first-order chi connectivity index (χ1) is 11.7. The van der Waals surface area contributed by atoms with Crippen LogP contribution in [-0.2, 0) is 9.59 Å². The molecule has 0 unspecified atom stereocenters.